The molecule has 19 heavy (non-hydrogen) atoms. The Hall–Kier alpha value is -0.720. The van der Waals surface area contributed by atoms with Crippen LogP contribution in [-0.4, -0.2) is 43.0 Å². The van der Waals surface area contributed by atoms with E-state index in [4.69, 9.17) is 5.73 Å². The van der Waals surface area contributed by atoms with Crippen molar-refractivity contribution in [1.29, 1.82) is 0 Å². The van der Waals surface area contributed by atoms with Gasteiger partial charge in [0.2, 0.25) is 0 Å². The Kier molecular flexibility index (Phi) is 4.43. The molecule has 0 saturated carbocycles. The van der Waals surface area contributed by atoms with Crippen molar-refractivity contribution < 1.29 is 8.42 Å². The van der Waals surface area contributed by atoms with E-state index in [0.717, 1.165) is 29.1 Å². The van der Waals surface area contributed by atoms with E-state index < -0.39 is 15.2 Å². The van der Waals surface area contributed by atoms with Gasteiger partial charge in [-0.05, 0) is 18.6 Å². The summed E-state index contributed by atoms with van der Waals surface area (Å²) in [4.78, 5) is 2.02. The Labute approximate surface area is 119 Å². The number of sulfone groups is 1. The number of rotatable bonds is 3. The molecule has 2 N–H and O–H groups in total. The van der Waals surface area contributed by atoms with Crippen molar-refractivity contribution in [3.8, 4) is 0 Å². The van der Waals surface area contributed by atoms with E-state index in [9.17, 15) is 8.42 Å². The molecule has 4 nitrogen and oxygen atoms in total. The zero-order chi connectivity index (χ0) is 14.0. The lowest BCUT2D eigenvalue weighted by molar-refractivity contribution is 0.262. The molecule has 0 aromatic heterocycles. The summed E-state index contributed by atoms with van der Waals surface area (Å²) in [6, 6.07) is 5.90. The van der Waals surface area contributed by atoms with Gasteiger partial charge in [0.25, 0.3) is 0 Å². The third kappa shape index (κ3) is 3.64. The molecule has 0 bridgehead atoms. The molecule has 1 saturated heterocycles. The summed E-state index contributed by atoms with van der Waals surface area (Å²) in [6.45, 7) is 3.41. The number of hydrogen-bond acceptors (Lipinski definition) is 5. The second-order valence-corrected chi connectivity index (χ2v) is 8.38. The maximum atomic E-state index is 11.9. The van der Waals surface area contributed by atoms with Crippen molar-refractivity contribution in [2.24, 2.45) is 0 Å². The minimum absolute atomic E-state index is 0.397. The zero-order valence-electron chi connectivity index (χ0n) is 11.3. The fourth-order valence-corrected chi connectivity index (χ4v) is 5.22. The molecule has 1 fully saturated rings. The number of benzene rings is 1. The molecule has 1 aromatic carbocycles. The quantitative estimate of drug-likeness (QED) is 0.857. The predicted octanol–water partition coefficient (Wildman–Crippen LogP) is 1.50. The van der Waals surface area contributed by atoms with Crippen molar-refractivity contribution >= 4 is 27.3 Å². The van der Waals surface area contributed by atoms with Gasteiger partial charge in [0.05, 0.1) is 0 Å². The van der Waals surface area contributed by atoms with Crippen LogP contribution in [0.2, 0.25) is 0 Å². The first-order valence-electron chi connectivity index (χ1n) is 6.23. The number of anilines is 1. The molecule has 0 radical (unpaired) electrons. The van der Waals surface area contributed by atoms with Gasteiger partial charge in [0, 0.05) is 36.5 Å². The highest BCUT2D eigenvalue weighted by Gasteiger charge is 2.31. The molecule has 0 spiro atoms. The molecule has 0 amide bonds. The summed E-state index contributed by atoms with van der Waals surface area (Å²) in [5.74, 6) is 1.61. The van der Waals surface area contributed by atoms with Crippen LogP contribution in [0.15, 0.2) is 18.2 Å². The second-order valence-electron chi connectivity index (χ2n) is 5.03. The molecular formula is C13H20N2O2S2. The number of nitrogen functional groups attached to an aromatic ring is 1. The monoisotopic (exact) mass is 300 g/mol. The minimum Gasteiger partial charge on any atom is -0.398 e. The molecule has 1 unspecified atom stereocenters. The molecule has 1 aliphatic rings. The highest BCUT2D eigenvalue weighted by atomic mass is 32.2. The normalized spacial score (nSPS) is 21.5. The summed E-state index contributed by atoms with van der Waals surface area (Å²) < 4.78 is 23.7. The summed E-state index contributed by atoms with van der Waals surface area (Å²) in [6.07, 6.45) is 1.32. The van der Waals surface area contributed by atoms with Crippen molar-refractivity contribution in [2.75, 3.05) is 30.0 Å². The second kappa shape index (κ2) is 5.73. The Morgan fingerprint density at radius 3 is 2.89 bits per heavy atom. The number of hydrogen-bond donors (Lipinski definition) is 1. The summed E-state index contributed by atoms with van der Waals surface area (Å²) in [5, 5.41) is -0.397. The molecule has 1 aromatic rings. The van der Waals surface area contributed by atoms with Gasteiger partial charge in [-0.1, -0.05) is 17.7 Å². The van der Waals surface area contributed by atoms with Crippen molar-refractivity contribution in [2.45, 2.75) is 18.8 Å². The number of nitrogens with two attached hydrogens (primary N) is 1. The summed E-state index contributed by atoms with van der Waals surface area (Å²) >= 11 is 1.70. The summed E-state index contributed by atoms with van der Waals surface area (Å²) in [7, 11) is -3.05. The van der Waals surface area contributed by atoms with Gasteiger partial charge in [0.15, 0.2) is 9.84 Å². The smallest absolute Gasteiger partial charge is 0.164 e. The topological polar surface area (TPSA) is 63.4 Å². The van der Waals surface area contributed by atoms with Crippen molar-refractivity contribution in [1.82, 2.24) is 4.90 Å². The van der Waals surface area contributed by atoms with E-state index in [0.29, 0.717) is 12.3 Å². The molecule has 6 heteroatoms. The van der Waals surface area contributed by atoms with Gasteiger partial charge >= 0.3 is 0 Å². The third-order valence-corrected chi connectivity index (χ3v) is 6.04. The van der Waals surface area contributed by atoms with Gasteiger partial charge < -0.3 is 5.73 Å². The Bertz CT molecular complexity index is 558. The lowest BCUT2D eigenvalue weighted by Gasteiger charge is -2.34. The largest absolute Gasteiger partial charge is 0.398 e. The zero-order valence-corrected chi connectivity index (χ0v) is 12.9. The van der Waals surface area contributed by atoms with Crippen molar-refractivity contribution in [3.05, 3.63) is 29.3 Å². The SMILES string of the molecule is Cc1ccc(N)c(CN2CCSCC2S(C)(=O)=O)c1. The van der Waals surface area contributed by atoms with Gasteiger partial charge in [0.1, 0.15) is 5.37 Å². The first-order chi connectivity index (χ1) is 8.88. The standard InChI is InChI=1S/C13H20N2O2S2/c1-10-3-4-12(14)11(7-10)8-15-5-6-18-9-13(15)19(2,16)17/h3-4,7,13H,5-6,8-9,14H2,1-2H3. The Morgan fingerprint density at radius 1 is 1.47 bits per heavy atom. The van der Waals surface area contributed by atoms with Crippen LogP contribution in [-0.2, 0) is 16.4 Å². The Balaban J connectivity index is 2.22. The van der Waals surface area contributed by atoms with Crippen LogP contribution >= 0.6 is 11.8 Å². The first-order valence-corrected chi connectivity index (χ1v) is 9.34. The van der Waals surface area contributed by atoms with Crippen LogP contribution in [0.3, 0.4) is 0 Å². The van der Waals surface area contributed by atoms with Crippen LogP contribution in [0.4, 0.5) is 5.69 Å². The fourth-order valence-electron chi connectivity index (χ4n) is 2.28. The Morgan fingerprint density at radius 2 is 2.21 bits per heavy atom. The van der Waals surface area contributed by atoms with Gasteiger partial charge in [-0.2, -0.15) is 11.8 Å². The highest BCUT2D eigenvalue weighted by molar-refractivity contribution is 8.00. The fraction of sp³-hybridized carbons (Fsp3) is 0.538. The minimum atomic E-state index is -3.05. The van der Waals surface area contributed by atoms with E-state index in [-0.39, 0.29) is 0 Å². The predicted molar refractivity (Wildman–Crippen MR) is 82.0 cm³/mol. The van der Waals surface area contributed by atoms with Crippen LogP contribution in [0.5, 0.6) is 0 Å². The average molecular weight is 300 g/mol. The maximum Gasteiger partial charge on any atom is 0.164 e. The lowest BCUT2D eigenvalue weighted by atomic mass is 10.1. The van der Waals surface area contributed by atoms with Crippen LogP contribution < -0.4 is 5.73 Å². The highest BCUT2D eigenvalue weighted by Crippen LogP contribution is 2.24. The van der Waals surface area contributed by atoms with Gasteiger partial charge in [-0.3, -0.25) is 4.90 Å². The maximum absolute atomic E-state index is 11.9. The van der Waals surface area contributed by atoms with Crippen LogP contribution in [0.25, 0.3) is 0 Å². The van der Waals surface area contributed by atoms with E-state index >= 15 is 0 Å². The van der Waals surface area contributed by atoms with Crippen molar-refractivity contribution in [3.63, 3.8) is 0 Å². The van der Waals surface area contributed by atoms with Crippen LogP contribution in [0.1, 0.15) is 11.1 Å². The van der Waals surface area contributed by atoms with E-state index in [1.807, 2.05) is 30.0 Å². The van der Waals surface area contributed by atoms with E-state index in [1.54, 1.807) is 11.8 Å². The molecule has 2 rings (SSSR count). The van der Waals surface area contributed by atoms with Crippen LogP contribution in [0, 0.1) is 6.92 Å². The van der Waals surface area contributed by atoms with Gasteiger partial charge in [-0.25, -0.2) is 8.42 Å². The third-order valence-electron chi connectivity index (χ3n) is 3.36. The molecule has 1 aliphatic heterocycles. The first kappa shape index (κ1) is 14.7. The molecular weight excluding hydrogens is 280 g/mol. The molecule has 0 aliphatic carbocycles. The van der Waals surface area contributed by atoms with E-state index in [1.165, 1.54) is 6.26 Å². The molecule has 1 atom stereocenters. The number of thioether (sulfide) groups is 1. The van der Waals surface area contributed by atoms with E-state index in [2.05, 4.69) is 0 Å². The number of aryl methyl sites for hydroxylation is 1. The number of nitrogens with zero attached hydrogens (tertiary/aromatic N) is 1. The van der Waals surface area contributed by atoms with Gasteiger partial charge in [-0.15, -0.1) is 0 Å². The summed E-state index contributed by atoms with van der Waals surface area (Å²) in [5.41, 5.74) is 8.87. The molecule has 106 valence electrons. The lowest BCUT2D eigenvalue weighted by Crippen LogP contribution is -2.46. The average Bonchev–Trinajstić information content (AvgIpc) is 2.33. The molecule has 1 heterocycles.